The molecule has 2 heterocycles. The number of aromatic nitrogens is 2. The molecule has 18 heavy (non-hydrogen) atoms. The van der Waals surface area contributed by atoms with Crippen molar-refractivity contribution >= 4 is 17.5 Å². The zero-order valence-corrected chi connectivity index (χ0v) is 9.80. The summed E-state index contributed by atoms with van der Waals surface area (Å²) in [7, 11) is 0. The number of nitrogens with two attached hydrogens (primary N) is 1. The summed E-state index contributed by atoms with van der Waals surface area (Å²) in [5.74, 6) is 2.28. The highest BCUT2D eigenvalue weighted by atomic mass is 16.7. The molecular formula is C12H12N4O2. The molecule has 1 aromatic carbocycles. The van der Waals surface area contributed by atoms with Gasteiger partial charge in [0.15, 0.2) is 11.5 Å². The molecule has 0 saturated carbocycles. The molecule has 92 valence electrons. The van der Waals surface area contributed by atoms with Crippen LogP contribution >= 0.6 is 0 Å². The maximum atomic E-state index is 5.61. The van der Waals surface area contributed by atoms with E-state index in [0.717, 1.165) is 17.1 Å². The average molecular weight is 244 g/mol. The third kappa shape index (κ3) is 1.88. The Labute approximate surface area is 104 Å². The molecule has 0 spiro atoms. The van der Waals surface area contributed by atoms with Gasteiger partial charge in [0.1, 0.15) is 5.82 Å². The van der Waals surface area contributed by atoms with Crippen molar-refractivity contribution in [1.82, 2.24) is 9.97 Å². The summed E-state index contributed by atoms with van der Waals surface area (Å²) in [5, 5.41) is 3.15. The predicted octanol–water partition coefficient (Wildman–Crippen LogP) is 1.84. The van der Waals surface area contributed by atoms with Crippen molar-refractivity contribution in [2.24, 2.45) is 0 Å². The Balaban J connectivity index is 1.95. The standard InChI is InChI=1S/C12H12N4O2/c1-7-5-10(16-12(13)14-7)15-8-3-2-4-9-11(8)18-6-17-9/h2-5H,6H2,1H3,(H3,13,14,15,16). The van der Waals surface area contributed by atoms with Gasteiger partial charge in [-0.2, -0.15) is 4.98 Å². The van der Waals surface area contributed by atoms with E-state index < -0.39 is 0 Å². The van der Waals surface area contributed by atoms with Gasteiger partial charge in [0.2, 0.25) is 12.7 Å². The number of rotatable bonds is 2. The van der Waals surface area contributed by atoms with Gasteiger partial charge in [-0.15, -0.1) is 0 Å². The molecule has 1 aromatic heterocycles. The summed E-state index contributed by atoms with van der Waals surface area (Å²) in [6.45, 7) is 2.09. The largest absolute Gasteiger partial charge is 0.454 e. The third-order valence-corrected chi connectivity index (χ3v) is 2.53. The number of hydrogen-bond acceptors (Lipinski definition) is 6. The average Bonchev–Trinajstić information content (AvgIpc) is 2.76. The number of hydrogen-bond donors (Lipinski definition) is 2. The van der Waals surface area contributed by atoms with E-state index in [1.807, 2.05) is 31.2 Å². The summed E-state index contributed by atoms with van der Waals surface area (Å²) in [4.78, 5) is 8.13. The molecule has 0 atom stereocenters. The molecule has 0 saturated heterocycles. The molecule has 6 nitrogen and oxygen atoms in total. The molecule has 3 N–H and O–H groups in total. The Morgan fingerprint density at radius 3 is 3.00 bits per heavy atom. The summed E-state index contributed by atoms with van der Waals surface area (Å²) in [6, 6.07) is 7.44. The fourth-order valence-electron chi connectivity index (χ4n) is 1.82. The molecule has 0 fully saturated rings. The van der Waals surface area contributed by atoms with Gasteiger partial charge >= 0.3 is 0 Å². The van der Waals surface area contributed by atoms with Crippen molar-refractivity contribution in [2.45, 2.75) is 6.92 Å². The molecular weight excluding hydrogens is 232 g/mol. The number of anilines is 3. The Kier molecular flexibility index (Phi) is 2.40. The number of ether oxygens (including phenoxy) is 2. The molecule has 0 aliphatic carbocycles. The zero-order valence-electron chi connectivity index (χ0n) is 9.80. The molecule has 1 aliphatic rings. The molecule has 0 bridgehead atoms. The Hall–Kier alpha value is -2.50. The maximum Gasteiger partial charge on any atom is 0.231 e. The van der Waals surface area contributed by atoms with Gasteiger partial charge in [-0.25, -0.2) is 4.98 Å². The number of nitrogens with one attached hydrogen (secondary N) is 1. The quantitative estimate of drug-likeness (QED) is 0.838. The van der Waals surface area contributed by atoms with E-state index in [0.29, 0.717) is 11.6 Å². The minimum absolute atomic E-state index is 0.235. The number of fused-ring (bicyclic) bond motifs is 1. The van der Waals surface area contributed by atoms with E-state index in [4.69, 9.17) is 15.2 Å². The van der Waals surface area contributed by atoms with Crippen LogP contribution in [0.25, 0.3) is 0 Å². The first-order chi connectivity index (χ1) is 8.72. The van der Waals surface area contributed by atoms with Crippen molar-refractivity contribution in [3.63, 3.8) is 0 Å². The Morgan fingerprint density at radius 2 is 2.17 bits per heavy atom. The van der Waals surface area contributed by atoms with Crippen LogP contribution in [0.4, 0.5) is 17.5 Å². The summed E-state index contributed by atoms with van der Waals surface area (Å²) < 4.78 is 10.7. The predicted molar refractivity (Wildman–Crippen MR) is 67.0 cm³/mol. The first-order valence-electron chi connectivity index (χ1n) is 5.49. The lowest BCUT2D eigenvalue weighted by molar-refractivity contribution is 0.174. The van der Waals surface area contributed by atoms with Crippen molar-refractivity contribution in [1.29, 1.82) is 0 Å². The summed E-state index contributed by atoms with van der Waals surface area (Å²) in [5.41, 5.74) is 7.20. The third-order valence-electron chi connectivity index (χ3n) is 2.53. The van der Waals surface area contributed by atoms with Crippen molar-refractivity contribution in [3.8, 4) is 11.5 Å². The molecule has 0 radical (unpaired) electrons. The second-order valence-electron chi connectivity index (χ2n) is 3.92. The van der Waals surface area contributed by atoms with Crippen LogP contribution in [0.15, 0.2) is 24.3 Å². The van der Waals surface area contributed by atoms with Gasteiger partial charge in [-0.1, -0.05) is 6.07 Å². The van der Waals surface area contributed by atoms with E-state index in [9.17, 15) is 0 Å². The second kappa shape index (κ2) is 4.06. The van der Waals surface area contributed by atoms with Crippen LogP contribution < -0.4 is 20.5 Å². The molecule has 0 amide bonds. The van der Waals surface area contributed by atoms with Crippen LogP contribution in [0.5, 0.6) is 11.5 Å². The van der Waals surface area contributed by atoms with Crippen LogP contribution in [0.3, 0.4) is 0 Å². The van der Waals surface area contributed by atoms with Gasteiger partial charge in [0.05, 0.1) is 5.69 Å². The van der Waals surface area contributed by atoms with E-state index in [1.54, 1.807) is 0 Å². The van der Waals surface area contributed by atoms with Crippen LogP contribution in [0.1, 0.15) is 5.69 Å². The number of para-hydroxylation sites is 1. The van der Waals surface area contributed by atoms with E-state index in [2.05, 4.69) is 15.3 Å². The van der Waals surface area contributed by atoms with Crippen LogP contribution in [-0.4, -0.2) is 16.8 Å². The number of nitrogens with zero attached hydrogens (tertiary/aromatic N) is 2. The Bertz CT molecular complexity index is 580. The topological polar surface area (TPSA) is 82.3 Å². The maximum absolute atomic E-state index is 5.61. The first-order valence-corrected chi connectivity index (χ1v) is 5.49. The molecule has 0 unspecified atom stereocenters. The smallest absolute Gasteiger partial charge is 0.231 e. The molecule has 6 heteroatoms. The van der Waals surface area contributed by atoms with E-state index >= 15 is 0 Å². The van der Waals surface area contributed by atoms with Gasteiger partial charge in [-0.3, -0.25) is 0 Å². The minimum atomic E-state index is 0.235. The SMILES string of the molecule is Cc1cc(Nc2cccc3c2OCO3)nc(N)n1. The monoisotopic (exact) mass is 244 g/mol. The molecule has 3 rings (SSSR count). The van der Waals surface area contributed by atoms with Gasteiger partial charge in [0, 0.05) is 11.8 Å². The molecule has 1 aliphatic heterocycles. The zero-order chi connectivity index (χ0) is 12.5. The lowest BCUT2D eigenvalue weighted by Gasteiger charge is -2.09. The van der Waals surface area contributed by atoms with Crippen molar-refractivity contribution in [2.75, 3.05) is 17.8 Å². The normalized spacial score (nSPS) is 12.5. The van der Waals surface area contributed by atoms with Crippen LogP contribution in [-0.2, 0) is 0 Å². The Morgan fingerprint density at radius 1 is 1.28 bits per heavy atom. The highest BCUT2D eigenvalue weighted by Gasteiger charge is 2.17. The van der Waals surface area contributed by atoms with E-state index in [1.165, 1.54) is 0 Å². The van der Waals surface area contributed by atoms with Gasteiger partial charge in [0.25, 0.3) is 0 Å². The summed E-state index contributed by atoms with van der Waals surface area (Å²) in [6.07, 6.45) is 0. The first kappa shape index (κ1) is 10.6. The number of nitrogen functional groups attached to an aromatic ring is 1. The van der Waals surface area contributed by atoms with Crippen molar-refractivity contribution in [3.05, 3.63) is 30.0 Å². The van der Waals surface area contributed by atoms with Crippen LogP contribution in [0, 0.1) is 6.92 Å². The minimum Gasteiger partial charge on any atom is -0.454 e. The second-order valence-corrected chi connectivity index (χ2v) is 3.92. The fourth-order valence-corrected chi connectivity index (χ4v) is 1.82. The van der Waals surface area contributed by atoms with Gasteiger partial charge in [-0.05, 0) is 19.1 Å². The number of aryl methyl sites for hydroxylation is 1. The highest BCUT2D eigenvalue weighted by molar-refractivity contribution is 5.69. The van der Waals surface area contributed by atoms with Crippen LogP contribution in [0.2, 0.25) is 0 Å². The lowest BCUT2D eigenvalue weighted by Crippen LogP contribution is -2.02. The fraction of sp³-hybridized carbons (Fsp3) is 0.167. The summed E-state index contributed by atoms with van der Waals surface area (Å²) >= 11 is 0. The molecule has 2 aromatic rings. The number of benzene rings is 1. The van der Waals surface area contributed by atoms with Gasteiger partial charge < -0.3 is 20.5 Å². The van der Waals surface area contributed by atoms with E-state index in [-0.39, 0.29) is 12.7 Å². The van der Waals surface area contributed by atoms with Crippen molar-refractivity contribution < 1.29 is 9.47 Å². The highest BCUT2D eigenvalue weighted by Crippen LogP contribution is 2.39. The lowest BCUT2D eigenvalue weighted by atomic mass is 10.2.